The Hall–Kier alpha value is -4.51. The summed E-state index contributed by atoms with van der Waals surface area (Å²) < 4.78 is 5.80. The van der Waals surface area contributed by atoms with Gasteiger partial charge in [-0.05, 0) is 36.4 Å². The van der Waals surface area contributed by atoms with Crippen molar-refractivity contribution in [1.82, 2.24) is 9.97 Å². The molecule has 8 heteroatoms. The van der Waals surface area contributed by atoms with Crippen LogP contribution >= 0.6 is 0 Å². The van der Waals surface area contributed by atoms with Crippen LogP contribution in [0.4, 0.5) is 5.82 Å². The van der Waals surface area contributed by atoms with Crippen LogP contribution in [-0.4, -0.2) is 20.2 Å². The number of benzene rings is 2. The van der Waals surface area contributed by atoms with E-state index in [0.29, 0.717) is 38.5 Å². The second-order valence-electron chi connectivity index (χ2n) is 6.60. The van der Waals surface area contributed by atoms with Gasteiger partial charge in [0.05, 0.1) is 10.9 Å². The van der Waals surface area contributed by atoms with Crippen LogP contribution in [0.3, 0.4) is 0 Å². The molecule has 140 valence electrons. The molecule has 0 fully saturated rings. The van der Waals surface area contributed by atoms with Gasteiger partial charge in [0.15, 0.2) is 16.9 Å². The van der Waals surface area contributed by atoms with E-state index in [1.165, 1.54) is 24.3 Å². The molecule has 0 bridgehead atoms. The lowest BCUT2D eigenvalue weighted by molar-refractivity contribution is 0.404. The Morgan fingerprint density at radius 2 is 1.90 bits per heavy atom. The van der Waals surface area contributed by atoms with Crippen LogP contribution in [0.15, 0.2) is 51.7 Å². The Balaban J connectivity index is 2.02. The fourth-order valence-corrected chi connectivity index (χ4v) is 3.50. The van der Waals surface area contributed by atoms with Gasteiger partial charge >= 0.3 is 0 Å². The number of nitrogen functional groups attached to an aromatic ring is 1. The molecule has 0 aliphatic rings. The second-order valence-corrected chi connectivity index (χ2v) is 6.60. The minimum atomic E-state index is -0.278. The molecule has 0 saturated carbocycles. The Bertz CT molecular complexity index is 1570. The molecule has 0 aliphatic carbocycles. The summed E-state index contributed by atoms with van der Waals surface area (Å²) in [6.07, 6.45) is 0. The number of anilines is 1. The summed E-state index contributed by atoms with van der Waals surface area (Å²) in [6, 6.07) is 12.7. The first-order valence-corrected chi connectivity index (χ1v) is 8.57. The Kier molecular flexibility index (Phi) is 3.30. The number of hydrogen-bond donors (Lipinski definition) is 4. The van der Waals surface area contributed by atoms with E-state index in [-0.39, 0.29) is 34.0 Å². The van der Waals surface area contributed by atoms with Crippen molar-refractivity contribution in [2.45, 2.75) is 0 Å². The molecule has 2 aromatic carbocycles. The van der Waals surface area contributed by atoms with E-state index >= 15 is 0 Å². The summed E-state index contributed by atoms with van der Waals surface area (Å²) in [5.74, 6) is -0.532. The predicted molar refractivity (Wildman–Crippen MR) is 108 cm³/mol. The van der Waals surface area contributed by atoms with Crippen molar-refractivity contribution in [3.63, 3.8) is 0 Å². The third-order valence-electron chi connectivity index (χ3n) is 4.86. The lowest BCUT2D eigenvalue weighted by Crippen LogP contribution is -2.01. The zero-order valence-corrected chi connectivity index (χ0v) is 14.7. The van der Waals surface area contributed by atoms with Gasteiger partial charge in [0.2, 0.25) is 5.71 Å². The van der Waals surface area contributed by atoms with Crippen LogP contribution in [0.2, 0.25) is 0 Å². The molecule has 0 atom stereocenters. The van der Waals surface area contributed by atoms with Crippen LogP contribution in [0.25, 0.3) is 44.2 Å². The molecule has 0 spiro atoms. The molecule has 0 radical (unpaired) electrons. The van der Waals surface area contributed by atoms with Gasteiger partial charge in [0.1, 0.15) is 23.0 Å². The van der Waals surface area contributed by atoms with E-state index < -0.39 is 0 Å². The average Bonchev–Trinajstić information content (AvgIpc) is 2.69. The van der Waals surface area contributed by atoms with Crippen molar-refractivity contribution in [3.05, 3.63) is 58.3 Å². The predicted octanol–water partition coefficient (Wildman–Crippen LogP) is 3.35. The molecule has 8 nitrogen and oxygen atoms in total. The van der Waals surface area contributed by atoms with Gasteiger partial charge in [0, 0.05) is 28.1 Å². The van der Waals surface area contributed by atoms with Crippen LogP contribution in [0.1, 0.15) is 5.56 Å². The molecule has 0 unspecified atom stereocenters. The summed E-state index contributed by atoms with van der Waals surface area (Å²) in [5, 5.41) is 31.0. The highest BCUT2D eigenvalue weighted by Crippen LogP contribution is 2.38. The number of aromatic nitrogens is 2. The zero-order chi connectivity index (χ0) is 20.3. The van der Waals surface area contributed by atoms with Crippen molar-refractivity contribution >= 4 is 38.8 Å². The van der Waals surface area contributed by atoms with Gasteiger partial charge in [-0.3, -0.25) is 4.79 Å². The molecule has 0 aliphatic heterocycles. The Labute approximate surface area is 162 Å². The number of H-pyrrole nitrogens is 1. The van der Waals surface area contributed by atoms with Crippen molar-refractivity contribution in [2.24, 2.45) is 0 Å². The number of phenolic OH excluding ortho intramolecular Hbond substituents is 2. The molecule has 5 rings (SSSR count). The number of nitrogens with zero attached hydrogens (tertiary/aromatic N) is 2. The first-order valence-electron chi connectivity index (χ1n) is 8.57. The molecule has 3 heterocycles. The maximum Gasteiger partial charge on any atom is 0.231 e. The first-order chi connectivity index (χ1) is 14.0. The molecule has 5 aromatic rings. The number of fused-ring (bicyclic) bond motifs is 2. The van der Waals surface area contributed by atoms with Crippen LogP contribution in [0.5, 0.6) is 11.5 Å². The standard InChI is InChI=1S/C21H12N4O4/c22-8-13-19-18-12(7-14(24-19)9-1-4-15(27)16(28)5-9)11-3-2-10(26)6-17(11)29-21(18)25-20(13)23/h1-7,24,27-28H,(H2,23,25). The van der Waals surface area contributed by atoms with Gasteiger partial charge in [-0.1, -0.05) is 0 Å². The maximum atomic E-state index is 11.8. The summed E-state index contributed by atoms with van der Waals surface area (Å²) in [7, 11) is 0. The Morgan fingerprint density at radius 3 is 2.66 bits per heavy atom. The van der Waals surface area contributed by atoms with Crippen LogP contribution in [-0.2, 0) is 0 Å². The number of aromatic hydroxyl groups is 2. The summed E-state index contributed by atoms with van der Waals surface area (Å²) in [4.78, 5) is 19.2. The summed E-state index contributed by atoms with van der Waals surface area (Å²) in [6.45, 7) is 0. The van der Waals surface area contributed by atoms with Crippen molar-refractivity contribution < 1.29 is 14.6 Å². The number of nitrogens with one attached hydrogen (secondary N) is 1. The van der Waals surface area contributed by atoms with Crippen molar-refractivity contribution in [1.29, 1.82) is 5.26 Å². The monoisotopic (exact) mass is 384 g/mol. The fourth-order valence-electron chi connectivity index (χ4n) is 3.50. The second kappa shape index (κ2) is 5.74. The van der Waals surface area contributed by atoms with Gasteiger partial charge in [0.25, 0.3) is 0 Å². The minimum absolute atomic E-state index is 0.00960. The van der Waals surface area contributed by atoms with Gasteiger partial charge in [-0.2, -0.15) is 10.2 Å². The number of phenols is 2. The summed E-state index contributed by atoms with van der Waals surface area (Å²) in [5.41, 5.74) is 8.01. The van der Waals surface area contributed by atoms with Crippen molar-refractivity contribution in [3.8, 4) is 28.8 Å². The lowest BCUT2D eigenvalue weighted by atomic mass is 10.0. The quantitative estimate of drug-likeness (QED) is 0.197. The third kappa shape index (κ3) is 2.38. The molecule has 3 aromatic heterocycles. The molecule has 29 heavy (non-hydrogen) atoms. The SMILES string of the molecule is N#Cc1c(N)nc2oc3cc(=O)ccc3c3cc(-c4ccc(O)c(O)c4)[nH]c1c23. The third-order valence-corrected chi connectivity index (χ3v) is 4.86. The highest BCUT2D eigenvalue weighted by atomic mass is 16.3. The van der Waals surface area contributed by atoms with Crippen LogP contribution in [0, 0.1) is 11.3 Å². The van der Waals surface area contributed by atoms with Gasteiger partial charge in [-0.15, -0.1) is 0 Å². The van der Waals surface area contributed by atoms with Gasteiger partial charge in [-0.25, -0.2) is 0 Å². The molecular formula is C21H12N4O4. The fraction of sp³-hybridized carbons (Fsp3) is 0. The number of nitrogens with two attached hydrogens (primary N) is 1. The Morgan fingerprint density at radius 1 is 1.07 bits per heavy atom. The van der Waals surface area contributed by atoms with Gasteiger partial charge < -0.3 is 25.3 Å². The highest BCUT2D eigenvalue weighted by Gasteiger charge is 2.19. The van der Waals surface area contributed by atoms with E-state index in [1.54, 1.807) is 12.1 Å². The highest BCUT2D eigenvalue weighted by molar-refractivity contribution is 6.18. The molecule has 0 amide bonds. The molecular weight excluding hydrogens is 372 g/mol. The van der Waals surface area contributed by atoms with E-state index in [4.69, 9.17) is 10.2 Å². The van der Waals surface area contributed by atoms with Crippen LogP contribution < -0.4 is 11.2 Å². The number of pyridine rings is 2. The smallest absolute Gasteiger partial charge is 0.231 e. The lowest BCUT2D eigenvalue weighted by Gasteiger charge is -2.13. The van der Waals surface area contributed by atoms with E-state index in [1.807, 2.05) is 6.07 Å². The normalized spacial score (nSPS) is 11.3. The molecule has 5 N–H and O–H groups in total. The first kappa shape index (κ1) is 16.6. The molecule has 0 saturated heterocycles. The topological polar surface area (TPSA) is 149 Å². The van der Waals surface area contributed by atoms with E-state index in [2.05, 4.69) is 16.0 Å². The number of hydrogen-bond acceptors (Lipinski definition) is 7. The zero-order valence-electron chi connectivity index (χ0n) is 14.7. The van der Waals surface area contributed by atoms with E-state index in [0.717, 1.165) is 0 Å². The number of rotatable bonds is 1. The largest absolute Gasteiger partial charge is 0.504 e. The minimum Gasteiger partial charge on any atom is -0.504 e. The maximum absolute atomic E-state index is 11.8. The number of aromatic amines is 1. The summed E-state index contributed by atoms with van der Waals surface area (Å²) >= 11 is 0. The number of nitriles is 1. The average molecular weight is 384 g/mol. The van der Waals surface area contributed by atoms with Crippen molar-refractivity contribution in [2.75, 3.05) is 5.73 Å². The van der Waals surface area contributed by atoms with E-state index in [9.17, 15) is 20.3 Å².